The van der Waals surface area contributed by atoms with Gasteiger partial charge in [0.05, 0.1) is 30.7 Å². The van der Waals surface area contributed by atoms with Crippen molar-refractivity contribution < 1.29 is 23.8 Å². The first-order valence-electron chi connectivity index (χ1n) is 9.64. The molecule has 0 aliphatic carbocycles. The first-order chi connectivity index (χ1) is 14.3. The Hall–Kier alpha value is -3.42. The number of aryl methyl sites for hydroxylation is 1. The average molecular weight is 409 g/mol. The van der Waals surface area contributed by atoms with Crippen LogP contribution in [0.4, 0.5) is 0 Å². The second kappa shape index (κ2) is 7.44. The van der Waals surface area contributed by atoms with Crippen molar-refractivity contribution in [2.75, 3.05) is 7.11 Å². The fourth-order valence-corrected chi connectivity index (χ4v) is 3.82. The molecule has 30 heavy (non-hydrogen) atoms. The Labute approximate surface area is 173 Å². The Morgan fingerprint density at radius 1 is 1.30 bits per heavy atom. The molecule has 1 aliphatic rings. The molecule has 0 amide bonds. The molecule has 0 radical (unpaired) electrons. The molecule has 0 spiro atoms. The van der Waals surface area contributed by atoms with Gasteiger partial charge in [-0.1, -0.05) is 6.07 Å². The van der Waals surface area contributed by atoms with Gasteiger partial charge in [-0.05, 0) is 43.2 Å². The van der Waals surface area contributed by atoms with Gasteiger partial charge in [-0.25, -0.2) is 0 Å². The van der Waals surface area contributed by atoms with Gasteiger partial charge < -0.3 is 19.0 Å². The van der Waals surface area contributed by atoms with Crippen LogP contribution < -0.4 is 9.47 Å². The fourth-order valence-electron chi connectivity index (χ4n) is 3.82. The maximum absolute atomic E-state index is 11.5. The molecule has 0 saturated carbocycles. The van der Waals surface area contributed by atoms with E-state index in [0.29, 0.717) is 17.3 Å². The highest BCUT2D eigenvalue weighted by Crippen LogP contribution is 2.47. The molecule has 4 rings (SSSR count). The summed E-state index contributed by atoms with van der Waals surface area (Å²) in [7, 11) is 1.61. The van der Waals surface area contributed by atoms with Gasteiger partial charge in [-0.3, -0.25) is 9.78 Å². The molecule has 1 aromatic carbocycles. The highest BCUT2D eigenvalue weighted by molar-refractivity contribution is 5.79. The molecule has 8 nitrogen and oxygen atoms in total. The topological polar surface area (TPSA) is 108 Å². The number of carboxylic acid groups (broad SMARTS) is 1. The van der Waals surface area contributed by atoms with Crippen LogP contribution in [0.3, 0.4) is 0 Å². The molecule has 1 aliphatic heterocycles. The summed E-state index contributed by atoms with van der Waals surface area (Å²) in [6, 6.07) is 7.63. The molecule has 1 unspecified atom stereocenters. The van der Waals surface area contributed by atoms with E-state index in [9.17, 15) is 9.90 Å². The van der Waals surface area contributed by atoms with Crippen molar-refractivity contribution in [3.63, 3.8) is 0 Å². The molecular weight excluding hydrogens is 386 g/mol. The summed E-state index contributed by atoms with van der Waals surface area (Å²) in [5.41, 5.74) is 2.95. The fraction of sp³-hybridized carbons (Fsp3) is 0.364. The Morgan fingerprint density at radius 2 is 2.10 bits per heavy atom. The number of aromatic nitrogens is 3. The molecule has 0 fully saturated rings. The van der Waals surface area contributed by atoms with E-state index in [1.165, 1.54) is 0 Å². The summed E-state index contributed by atoms with van der Waals surface area (Å²) < 4.78 is 17.4. The zero-order valence-corrected chi connectivity index (χ0v) is 17.3. The van der Waals surface area contributed by atoms with E-state index in [0.717, 1.165) is 28.9 Å². The van der Waals surface area contributed by atoms with E-state index >= 15 is 0 Å². The number of rotatable bonds is 6. The number of ether oxygens (including phenoxy) is 2. The summed E-state index contributed by atoms with van der Waals surface area (Å²) in [5.74, 6) is 0.402. The van der Waals surface area contributed by atoms with Gasteiger partial charge in [0.25, 0.3) is 0 Å². The van der Waals surface area contributed by atoms with Crippen molar-refractivity contribution in [3.8, 4) is 22.6 Å². The largest absolute Gasteiger partial charge is 0.496 e. The van der Waals surface area contributed by atoms with Gasteiger partial charge >= 0.3 is 5.97 Å². The summed E-state index contributed by atoms with van der Waals surface area (Å²) in [6.07, 6.45) is 2.22. The van der Waals surface area contributed by atoms with E-state index in [1.54, 1.807) is 20.2 Å². The van der Waals surface area contributed by atoms with Crippen LogP contribution in [0, 0.1) is 6.92 Å². The van der Waals surface area contributed by atoms with Crippen LogP contribution in [0.25, 0.3) is 11.1 Å². The molecule has 0 saturated heterocycles. The number of fused-ring (bicyclic) bond motifs is 1. The van der Waals surface area contributed by atoms with Crippen LogP contribution in [0.15, 0.2) is 34.9 Å². The third-order valence-electron chi connectivity index (χ3n) is 5.06. The van der Waals surface area contributed by atoms with E-state index in [1.807, 2.05) is 38.1 Å². The number of nitrogens with zero attached hydrogens (tertiary/aromatic N) is 3. The van der Waals surface area contributed by atoms with E-state index in [-0.39, 0.29) is 17.9 Å². The number of methoxy groups -OCH3 is 1. The minimum atomic E-state index is -0.980. The maximum atomic E-state index is 11.5. The highest BCUT2D eigenvalue weighted by atomic mass is 16.5. The molecule has 8 heteroatoms. The SMILES string of the molecule is COc1ccc2c(c1-c1ccnc(C(CC(=O)O)c3nnc(C)o3)c1)OC(C)(C)C2. The second-order valence-electron chi connectivity index (χ2n) is 7.95. The minimum absolute atomic E-state index is 0.217. The van der Waals surface area contributed by atoms with E-state index in [2.05, 4.69) is 15.2 Å². The van der Waals surface area contributed by atoms with Crippen molar-refractivity contribution in [3.05, 3.63) is 53.5 Å². The number of benzene rings is 1. The molecule has 156 valence electrons. The molecule has 2 aromatic heterocycles. The normalized spacial score (nSPS) is 15.3. The van der Waals surface area contributed by atoms with Crippen molar-refractivity contribution in [1.82, 2.24) is 15.2 Å². The number of carbonyl (C=O) groups is 1. The summed E-state index contributed by atoms with van der Waals surface area (Å²) >= 11 is 0. The lowest BCUT2D eigenvalue weighted by atomic mass is 9.94. The molecule has 3 heterocycles. The lowest BCUT2D eigenvalue weighted by Gasteiger charge is -2.19. The van der Waals surface area contributed by atoms with Gasteiger partial charge in [0.2, 0.25) is 11.8 Å². The third kappa shape index (κ3) is 3.72. The molecule has 3 aromatic rings. The number of hydrogen-bond donors (Lipinski definition) is 1. The Morgan fingerprint density at radius 3 is 2.77 bits per heavy atom. The van der Waals surface area contributed by atoms with Gasteiger partial charge in [0.15, 0.2) is 0 Å². The third-order valence-corrected chi connectivity index (χ3v) is 5.06. The van der Waals surface area contributed by atoms with Crippen LogP contribution >= 0.6 is 0 Å². The molecule has 1 atom stereocenters. The predicted octanol–water partition coefficient (Wildman–Crippen LogP) is 3.77. The van der Waals surface area contributed by atoms with Gasteiger partial charge in [0.1, 0.15) is 17.1 Å². The van der Waals surface area contributed by atoms with Crippen molar-refractivity contribution in [1.29, 1.82) is 0 Å². The first-order valence-corrected chi connectivity index (χ1v) is 9.64. The summed E-state index contributed by atoms with van der Waals surface area (Å²) in [4.78, 5) is 15.9. The lowest BCUT2D eigenvalue weighted by molar-refractivity contribution is -0.137. The van der Waals surface area contributed by atoms with Crippen molar-refractivity contribution in [2.45, 2.75) is 45.1 Å². The Kier molecular flexibility index (Phi) is 4.93. The number of pyridine rings is 1. The van der Waals surface area contributed by atoms with Crippen LogP contribution in [0.5, 0.6) is 11.5 Å². The van der Waals surface area contributed by atoms with Gasteiger partial charge in [-0.2, -0.15) is 0 Å². The smallest absolute Gasteiger partial charge is 0.304 e. The van der Waals surface area contributed by atoms with Crippen LogP contribution in [-0.4, -0.2) is 39.0 Å². The van der Waals surface area contributed by atoms with Gasteiger partial charge in [-0.15, -0.1) is 10.2 Å². The van der Waals surface area contributed by atoms with E-state index in [4.69, 9.17) is 13.9 Å². The van der Waals surface area contributed by atoms with Crippen LogP contribution in [0.2, 0.25) is 0 Å². The van der Waals surface area contributed by atoms with Crippen LogP contribution in [-0.2, 0) is 11.2 Å². The summed E-state index contributed by atoms with van der Waals surface area (Å²) in [6.45, 7) is 5.75. The van der Waals surface area contributed by atoms with Crippen LogP contribution in [0.1, 0.15) is 49.2 Å². The Bertz CT molecular complexity index is 1110. The number of aliphatic carboxylic acids is 1. The number of hydrogen-bond acceptors (Lipinski definition) is 7. The van der Waals surface area contributed by atoms with Crippen molar-refractivity contribution in [2.24, 2.45) is 0 Å². The zero-order valence-electron chi connectivity index (χ0n) is 17.3. The lowest BCUT2D eigenvalue weighted by Crippen LogP contribution is -2.24. The first kappa shape index (κ1) is 19.9. The predicted molar refractivity (Wildman–Crippen MR) is 108 cm³/mol. The standard InChI is InChI=1S/C22H23N3O5/c1-12-24-25-21(29-12)15(10-18(26)27)16-9-13(7-8-23-16)19-17(28-4)6-5-14-11-22(2,3)30-20(14)19/h5-9,15H,10-11H2,1-4H3,(H,26,27). The molecule has 1 N–H and O–H groups in total. The minimum Gasteiger partial charge on any atom is -0.496 e. The summed E-state index contributed by atoms with van der Waals surface area (Å²) in [5, 5.41) is 17.3. The average Bonchev–Trinajstić information content (AvgIpc) is 3.26. The highest BCUT2D eigenvalue weighted by Gasteiger charge is 2.34. The van der Waals surface area contributed by atoms with Crippen molar-refractivity contribution >= 4 is 5.97 Å². The second-order valence-corrected chi connectivity index (χ2v) is 7.95. The van der Waals surface area contributed by atoms with Gasteiger partial charge in [0, 0.05) is 19.5 Å². The monoisotopic (exact) mass is 409 g/mol. The Balaban J connectivity index is 1.83. The molecular formula is C22H23N3O5. The maximum Gasteiger partial charge on any atom is 0.304 e. The number of carboxylic acids is 1. The van der Waals surface area contributed by atoms with E-state index < -0.39 is 11.9 Å². The molecule has 0 bridgehead atoms. The zero-order chi connectivity index (χ0) is 21.5. The quantitative estimate of drug-likeness (QED) is 0.655.